The van der Waals surface area contributed by atoms with Crippen molar-refractivity contribution in [2.24, 2.45) is 0 Å². The Balaban J connectivity index is 2.09. The number of hydrogen-bond donors (Lipinski definition) is 1. The van der Waals surface area contributed by atoms with E-state index in [0.29, 0.717) is 30.9 Å². The molecule has 0 saturated carbocycles. The van der Waals surface area contributed by atoms with Crippen molar-refractivity contribution < 1.29 is 23.8 Å². The minimum atomic E-state index is -0.757. The smallest absolute Gasteiger partial charge is 0.295 e. The van der Waals surface area contributed by atoms with Gasteiger partial charge in [-0.05, 0) is 75.9 Å². The van der Waals surface area contributed by atoms with Crippen LogP contribution >= 0.6 is 0 Å². The molecule has 1 heterocycles. The number of nitrogens with zero attached hydrogens (tertiary/aromatic N) is 2. The van der Waals surface area contributed by atoms with Gasteiger partial charge in [0.2, 0.25) is 0 Å². The van der Waals surface area contributed by atoms with Crippen LogP contribution in [0.3, 0.4) is 0 Å². The number of carbonyl (C=O) groups excluding carboxylic acids is 2. The largest absolute Gasteiger partial charge is 0.507 e. The molecule has 0 aliphatic carbocycles. The highest BCUT2D eigenvalue weighted by molar-refractivity contribution is 6.46. The van der Waals surface area contributed by atoms with Crippen LogP contribution in [0.15, 0.2) is 54.1 Å². The van der Waals surface area contributed by atoms with E-state index in [1.165, 1.54) is 29.2 Å². The van der Waals surface area contributed by atoms with Crippen LogP contribution < -0.4 is 4.74 Å². The third-order valence-electron chi connectivity index (χ3n) is 5.15. The Morgan fingerprint density at radius 3 is 2.52 bits per heavy atom. The predicted octanol–water partition coefficient (Wildman–Crippen LogP) is 3.60. The minimum Gasteiger partial charge on any atom is -0.507 e. The molecule has 1 amide bonds. The van der Waals surface area contributed by atoms with E-state index in [2.05, 4.69) is 0 Å². The van der Waals surface area contributed by atoms with E-state index < -0.39 is 23.5 Å². The Hall–Kier alpha value is -3.19. The van der Waals surface area contributed by atoms with Crippen molar-refractivity contribution in [3.63, 3.8) is 0 Å². The maximum atomic E-state index is 13.3. The Morgan fingerprint density at radius 1 is 1.16 bits per heavy atom. The summed E-state index contributed by atoms with van der Waals surface area (Å²) >= 11 is 0. The zero-order chi connectivity index (χ0) is 22.5. The molecule has 164 valence electrons. The number of ketones is 1. The van der Waals surface area contributed by atoms with Gasteiger partial charge in [-0.3, -0.25) is 9.59 Å². The van der Waals surface area contributed by atoms with E-state index in [1.54, 1.807) is 24.3 Å². The molecular weight excluding hydrogens is 399 g/mol. The lowest BCUT2D eigenvalue weighted by atomic mass is 9.95. The highest BCUT2D eigenvalue weighted by Gasteiger charge is 2.45. The van der Waals surface area contributed by atoms with E-state index in [9.17, 15) is 19.1 Å². The van der Waals surface area contributed by atoms with Crippen molar-refractivity contribution in [3.05, 3.63) is 71.0 Å². The molecule has 1 unspecified atom stereocenters. The first-order valence-corrected chi connectivity index (χ1v) is 10.2. The van der Waals surface area contributed by atoms with Crippen LogP contribution in [0.1, 0.15) is 30.5 Å². The highest BCUT2D eigenvalue weighted by Crippen LogP contribution is 2.40. The van der Waals surface area contributed by atoms with Gasteiger partial charge in [0.05, 0.1) is 18.2 Å². The number of halogens is 1. The van der Waals surface area contributed by atoms with Crippen LogP contribution in [0.25, 0.3) is 5.76 Å². The average Bonchev–Trinajstić information content (AvgIpc) is 2.99. The fourth-order valence-electron chi connectivity index (χ4n) is 3.72. The third kappa shape index (κ3) is 4.94. The van der Waals surface area contributed by atoms with Crippen LogP contribution in [0.5, 0.6) is 5.75 Å². The standard InChI is InChI=1S/C24H27FN2O4/c1-4-31-19-8-5-7-17(15-19)21-20(22(28)16-9-11-18(25)12-10-16)23(29)24(30)27(21)14-6-13-26(2)3/h5,7-12,15,21,28H,4,6,13-14H2,1-3H3. The van der Waals surface area contributed by atoms with Crippen molar-refractivity contribution in [1.29, 1.82) is 0 Å². The molecule has 0 spiro atoms. The van der Waals surface area contributed by atoms with Gasteiger partial charge < -0.3 is 19.6 Å². The Bertz CT molecular complexity index is 985. The summed E-state index contributed by atoms with van der Waals surface area (Å²) in [7, 11) is 3.87. The van der Waals surface area contributed by atoms with Gasteiger partial charge in [-0.1, -0.05) is 12.1 Å². The summed E-state index contributed by atoms with van der Waals surface area (Å²) in [6.45, 7) is 3.44. The van der Waals surface area contributed by atoms with Gasteiger partial charge >= 0.3 is 0 Å². The summed E-state index contributed by atoms with van der Waals surface area (Å²) in [6.07, 6.45) is 0.665. The first-order chi connectivity index (χ1) is 14.8. The van der Waals surface area contributed by atoms with Gasteiger partial charge in [0, 0.05) is 12.1 Å². The molecule has 6 nitrogen and oxygen atoms in total. The molecule has 7 heteroatoms. The predicted molar refractivity (Wildman–Crippen MR) is 116 cm³/mol. The fraction of sp³-hybridized carbons (Fsp3) is 0.333. The number of aliphatic hydroxyl groups is 1. The molecule has 2 aromatic rings. The molecule has 1 saturated heterocycles. The van der Waals surface area contributed by atoms with Gasteiger partial charge in [-0.2, -0.15) is 0 Å². The number of Topliss-reactive ketones (excluding diaryl/α,β-unsaturated/α-hetero) is 1. The Labute approximate surface area is 181 Å². The summed E-state index contributed by atoms with van der Waals surface area (Å²) in [4.78, 5) is 29.4. The average molecular weight is 426 g/mol. The normalized spacial score (nSPS) is 18.1. The molecule has 1 atom stereocenters. The molecule has 1 aliphatic heterocycles. The third-order valence-corrected chi connectivity index (χ3v) is 5.15. The maximum Gasteiger partial charge on any atom is 0.295 e. The van der Waals surface area contributed by atoms with Crippen LogP contribution in [0.2, 0.25) is 0 Å². The second-order valence-electron chi connectivity index (χ2n) is 7.66. The summed E-state index contributed by atoms with van der Waals surface area (Å²) in [5.74, 6) is -1.57. The summed E-state index contributed by atoms with van der Waals surface area (Å²) in [5.41, 5.74) is 0.937. The summed E-state index contributed by atoms with van der Waals surface area (Å²) < 4.78 is 18.9. The molecule has 1 fully saturated rings. The number of ether oxygens (including phenoxy) is 1. The first-order valence-electron chi connectivity index (χ1n) is 10.2. The number of rotatable bonds is 8. The van der Waals surface area contributed by atoms with Gasteiger partial charge in [0.1, 0.15) is 17.3 Å². The van der Waals surface area contributed by atoms with Gasteiger partial charge in [-0.25, -0.2) is 4.39 Å². The Kier molecular flexibility index (Phi) is 7.07. The molecule has 0 aromatic heterocycles. The molecule has 1 aliphatic rings. The molecular formula is C24H27FN2O4. The molecule has 31 heavy (non-hydrogen) atoms. The topological polar surface area (TPSA) is 70.1 Å². The van der Waals surface area contributed by atoms with Crippen molar-refractivity contribution in [3.8, 4) is 5.75 Å². The van der Waals surface area contributed by atoms with E-state index in [0.717, 1.165) is 6.54 Å². The van der Waals surface area contributed by atoms with E-state index in [-0.39, 0.29) is 16.9 Å². The Morgan fingerprint density at radius 2 is 1.87 bits per heavy atom. The van der Waals surface area contributed by atoms with Crippen LogP contribution in [0.4, 0.5) is 4.39 Å². The minimum absolute atomic E-state index is 0.00453. The monoisotopic (exact) mass is 426 g/mol. The number of benzene rings is 2. The lowest BCUT2D eigenvalue weighted by molar-refractivity contribution is -0.139. The number of carbonyl (C=O) groups is 2. The first kappa shape index (κ1) is 22.5. The number of hydrogen-bond acceptors (Lipinski definition) is 5. The maximum absolute atomic E-state index is 13.3. The summed E-state index contributed by atoms with van der Waals surface area (Å²) in [5, 5.41) is 11.0. The van der Waals surface area contributed by atoms with Crippen molar-refractivity contribution in [1.82, 2.24) is 9.80 Å². The van der Waals surface area contributed by atoms with Crippen molar-refractivity contribution in [2.45, 2.75) is 19.4 Å². The van der Waals surface area contributed by atoms with E-state index in [1.807, 2.05) is 25.9 Å². The van der Waals surface area contributed by atoms with Crippen LogP contribution in [0, 0.1) is 5.82 Å². The molecule has 3 rings (SSSR count). The zero-order valence-corrected chi connectivity index (χ0v) is 18.0. The second-order valence-corrected chi connectivity index (χ2v) is 7.66. The van der Waals surface area contributed by atoms with Gasteiger partial charge in [-0.15, -0.1) is 0 Å². The lowest BCUT2D eigenvalue weighted by Gasteiger charge is -2.26. The fourth-order valence-corrected chi connectivity index (χ4v) is 3.72. The van der Waals surface area contributed by atoms with Crippen molar-refractivity contribution in [2.75, 3.05) is 33.8 Å². The summed E-state index contributed by atoms with van der Waals surface area (Å²) in [6, 6.07) is 11.6. The van der Waals surface area contributed by atoms with Crippen LogP contribution in [-0.4, -0.2) is 60.4 Å². The zero-order valence-electron chi connectivity index (χ0n) is 18.0. The quantitative estimate of drug-likeness (QED) is 0.397. The second kappa shape index (κ2) is 9.75. The van der Waals surface area contributed by atoms with Crippen LogP contribution in [-0.2, 0) is 9.59 Å². The molecule has 0 bridgehead atoms. The molecule has 0 radical (unpaired) electrons. The van der Waals surface area contributed by atoms with Gasteiger partial charge in [0.25, 0.3) is 11.7 Å². The number of likely N-dealkylation sites (tertiary alicyclic amines) is 1. The molecule has 2 aromatic carbocycles. The molecule has 1 N–H and O–H groups in total. The SMILES string of the molecule is CCOc1cccc(C2C(=C(O)c3ccc(F)cc3)C(=O)C(=O)N2CCCN(C)C)c1. The lowest BCUT2D eigenvalue weighted by Crippen LogP contribution is -2.32. The van der Waals surface area contributed by atoms with E-state index >= 15 is 0 Å². The highest BCUT2D eigenvalue weighted by atomic mass is 19.1. The number of aliphatic hydroxyl groups excluding tert-OH is 1. The van der Waals surface area contributed by atoms with E-state index in [4.69, 9.17) is 4.74 Å². The number of amides is 1. The van der Waals surface area contributed by atoms with Gasteiger partial charge in [0.15, 0.2) is 0 Å². The van der Waals surface area contributed by atoms with Crippen molar-refractivity contribution >= 4 is 17.4 Å².